The zero-order valence-corrected chi connectivity index (χ0v) is 49.2. The molecule has 7 heterocycles. The SMILES string of the molecule is Fc1c(F)c(F)c(C2=C3C=CC(=N3)C(c3c(F)c(F)c(F)c(F)c3F)=c3ccc([nH]3)=C(c3c(F)c(F)c(F)c(F)c3F)c3ccc([nH]3)C(c3c(F)c(F)c(F)c(F)c3F)=c3ccc([nH]3)=C(c3c(F)c(F)c(F)c(F)c3F)C3=NC(=C(c4c(F)c(F)c(F)c(F)c4F)c4ccc2[nH]4)C(Cl)=C3)c(F)c1F. The molecule has 0 radical (unpaired) electrons. The predicted octanol–water partition coefficient (Wildman–Crippen LogP) is 15.9. The van der Waals surface area contributed by atoms with Crippen molar-refractivity contribution in [2.75, 3.05) is 0 Å². The molecule has 10 aromatic rings. The van der Waals surface area contributed by atoms with Crippen LogP contribution in [0, 0.1) is 175 Å². The Bertz CT molecular complexity index is 5910. The first-order valence-corrected chi connectivity index (χ1v) is 28.0. The van der Waals surface area contributed by atoms with Crippen LogP contribution in [0.1, 0.15) is 56.2 Å². The summed E-state index contributed by atoms with van der Waals surface area (Å²) in [6.45, 7) is 0. The lowest BCUT2D eigenvalue weighted by Crippen LogP contribution is -2.23. The van der Waals surface area contributed by atoms with Gasteiger partial charge in [0.15, 0.2) is 140 Å². The van der Waals surface area contributed by atoms with Crippen LogP contribution in [0.15, 0.2) is 93.2 Å². The molecule has 0 saturated heterocycles. The van der Waals surface area contributed by atoms with E-state index in [2.05, 4.69) is 29.9 Å². The largest absolute Gasteiger partial charge is 0.354 e. The van der Waals surface area contributed by atoms with Crippen LogP contribution in [0.4, 0.5) is 132 Å². The highest BCUT2D eigenvalue weighted by molar-refractivity contribution is 6.41. The lowest BCUT2D eigenvalue weighted by atomic mass is 9.98. The number of benzene rings is 6. The van der Waals surface area contributed by atoms with Gasteiger partial charge in [0, 0.05) is 77.6 Å². The van der Waals surface area contributed by atoms with Crippen LogP contribution in [0.5, 0.6) is 0 Å². The van der Waals surface area contributed by atoms with E-state index in [1.807, 2.05) is 0 Å². The summed E-state index contributed by atoms with van der Waals surface area (Å²) in [6, 6.07) is 3.10. The van der Waals surface area contributed by atoms with E-state index in [4.69, 9.17) is 11.6 Å². The fourth-order valence-electron chi connectivity index (χ4n) is 11.4. The number of allylic oxidation sites excluding steroid dienone is 4. The smallest absolute Gasteiger partial charge is 0.200 e. The molecule has 0 fully saturated rings. The standard InChI is InChI=1S/C66H15ClF30N6/c67-12-11-23-28(34-44(76)56(88)64(96)57(89)45(34)77)21-8-7-19(101-21)26(32-40(72)52(84)62(94)53(85)41(32)73)17-4-3-15(99-17)24(30-36(68)48(80)60(92)49(81)37(30)69)13-1-2-14(98-13)25(31-38(70)50(82)61(93)51(83)39(31)71)16-5-6-18(100-16)27(33-42(74)54(86)63(95)55(87)43(33)75)20-9-10-22(102-20)29(66(12)103-23)35-46(78)58(90)65(97)59(91)47(35)79/h1-11,98-99,101-102H. The number of nitrogens with zero attached hydrogens (tertiary/aromatic N) is 2. The van der Waals surface area contributed by atoms with Gasteiger partial charge in [-0.2, -0.15) is 0 Å². The van der Waals surface area contributed by atoms with Crippen molar-refractivity contribution in [3.05, 3.63) is 335 Å². The third-order valence-corrected chi connectivity index (χ3v) is 16.3. The third-order valence-electron chi connectivity index (χ3n) is 16.0. The van der Waals surface area contributed by atoms with Crippen LogP contribution < -0.4 is 21.4 Å². The summed E-state index contributed by atoms with van der Waals surface area (Å²) in [4.78, 5) is 16.1. The second kappa shape index (κ2) is 24.9. The minimum absolute atomic E-state index is 0.219. The van der Waals surface area contributed by atoms with Crippen LogP contribution in [0.25, 0.3) is 33.4 Å². The zero-order chi connectivity index (χ0) is 74.8. The van der Waals surface area contributed by atoms with Gasteiger partial charge in [-0.1, -0.05) is 11.6 Å². The molecule has 4 aromatic heterocycles. The number of nitrogens with one attached hydrogen (secondary N) is 4. The fraction of sp³-hybridized carbons (Fsp3) is 0. The maximum atomic E-state index is 16.5. The van der Waals surface area contributed by atoms with E-state index in [-0.39, 0.29) is 6.08 Å². The summed E-state index contributed by atoms with van der Waals surface area (Å²) in [5, 5.41) is -6.42. The Morgan fingerprint density at radius 3 is 0.738 bits per heavy atom. The van der Waals surface area contributed by atoms with E-state index >= 15 is 105 Å². The molecule has 103 heavy (non-hydrogen) atoms. The van der Waals surface area contributed by atoms with Crippen molar-refractivity contribution in [2.24, 2.45) is 9.98 Å². The highest BCUT2D eigenvalue weighted by atomic mass is 35.5. The number of fused-ring (bicyclic) bond motifs is 10. The molecule has 6 aromatic carbocycles. The van der Waals surface area contributed by atoms with Gasteiger partial charge in [-0.05, 0) is 66.8 Å². The third kappa shape index (κ3) is 10.3. The Hall–Kier alpha value is -11.6. The van der Waals surface area contributed by atoms with Gasteiger partial charge in [-0.15, -0.1) is 0 Å². The number of rotatable bonds is 6. The van der Waals surface area contributed by atoms with Crippen LogP contribution in [-0.2, 0) is 0 Å². The van der Waals surface area contributed by atoms with Crippen molar-refractivity contribution in [3.8, 4) is 0 Å². The van der Waals surface area contributed by atoms with Crippen molar-refractivity contribution in [2.45, 2.75) is 0 Å². The minimum atomic E-state index is -2.95. The summed E-state index contributed by atoms with van der Waals surface area (Å²) in [5.74, 6) is -86.4. The van der Waals surface area contributed by atoms with Crippen molar-refractivity contribution in [1.82, 2.24) is 19.9 Å². The molecule has 4 N–H and O–H groups in total. The Morgan fingerprint density at radius 1 is 0.214 bits per heavy atom. The number of aromatic nitrogens is 4. The van der Waals surface area contributed by atoms with Crippen LogP contribution in [0.2, 0.25) is 0 Å². The van der Waals surface area contributed by atoms with Crippen molar-refractivity contribution < 1.29 is 132 Å². The molecule has 13 rings (SSSR count). The number of hydrogen-bond donors (Lipinski definition) is 4. The number of aliphatic imine (C=N–C) groups is 2. The molecule has 0 amide bonds. The Kier molecular flexibility index (Phi) is 16.9. The quantitative estimate of drug-likeness (QED) is 0.0726. The fourth-order valence-corrected chi connectivity index (χ4v) is 11.7. The monoisotopic (exact) mass is 1500 g/mol. The summed E-state index contributed by atoms with van der Waals surface area (Å²) < 4.78 is 474. The van der Waals surface area contributed by atoms with E-state index in [0.29, 0.717) is 60.7 Å². The van der Waals surface area contributed by atoms with Gasteiger partial charge in [-0.3, -0.25) is 0 Å². The van der Waals surface area contributed by atoms with Gasteiger partial charge < -0.3 is 19.9 Å². The molecule has 526 valence electrons. The summed E-state index contributed by atoms with van der Waals surface area (Å²) in [7, 11) is 0. The lowest BCUT2D eigenvalue weighted by Gasteiger charge is -2.15. The average molecular weight is 1500 g/mol. The molecule has 0 saturated carbocycles. The van der Waals surface area contributed by atoms with E-state index in [0.717, 1.165) is 0 Å². The highest BCUT2D eigenvalue weighted by Gasteiger charge is 2.40. The Morgan fingerprint density at radius 2 is 0.437 bits per heavy atom. The average Bonchev–Trinajstić information content (AvgIpc) is 1.29. The van der Waals surface area contributed by atoms with Gasteiger partial charge >= 0.3 is 0 Å². The molecular formula is C66H15ClF30N6. The van der Waals surface area contributed by atoms with Crippen LogP contribution in [-0.4, -0.2) is 31.4 Å². The van der Waals surface area contributed by atoms with Crippen LogP contribution in [0.3, 0.4) is 0 Å². The first kappa shape index (κ1) is 69.9. The molecule has 0 spiro atoms. The number of H-pyrrole nitrogens is 4. The van der Waals surface area contributed by atoms with Gasteiger partial charge in [-0.25, -0.2) is 142 Å². The Balaban J connectivity index is 1.30. The predicted molar refractivity (Wildman–Crippen MR) is 297 cm³/mol. The Labute approximate surface area is 551 Å². The topological polar surface area (TPSA) is 87.9 Å². The summed E-state index contributed by atoms with van der Waals surface area (Å²) in [5.41, 5.74) is -33.8. The van der Waals surface area contributed by atoms with Gasteiger partial charge in [0.05, 0.1) is 61.2 Å². The van der Waals surface area contributed by atoms with E-state index in [1.165, 1.54) is 0 Å². The summed E-state index contributed by atoms with van der Waals surface area (Å²) in [6.07, 6.45) is 0.928. The lowest BCUT2D eigenvalue weighted by molar-refractivity contribution is 0.376. The zero-order valence-electron chi connectivity index (χ0n) is 48.5. The second-order valence-electron chi connectivity index (χ2n) is 21.6. The first-order chi connectivity index (χ1) is 48.5. The first-order valence-electron chi connectivity index (χ1n) is 27.6. The highest BCUT2D eigenvalue weighted by Crippen LogP contribution is 2.45. The molecule has 0 unspecified atom stereocenters. The van der Waals surface area contributed by atoms with E-state index in [9.17, 15) is 26.3 Å². The normalized spacial score (nSPS) is 14.1. The van der Waals surface area contributed by atoms with Crippen molar-refractivity contribution in [1.29, 1.82) is 0 Å². The maximum absolute atomic E-state index is 16.5. The van der Waals surface area contributed by atoms with Crippen molar-refractivity contribution >= 4 is 56.5 Å². The van der Waals surface area contributed by atoms with E-state index < -0.39 is 313 Å². The van der Waals surface area contributed by atoms with Gasteiger partial charge in [0.1, 0.15) is 0 Å². The van der Waals surface area contributed by atoms with Crippen molar-refractivity contribution in [3.63, 3.8) is 0 Å². The molecule has 37 heteroatoms. The summed E-state index contributed by atoms with van der Waals surface area (Å²) >= 11 is 6.59. The molecular weight excluding hydrogens is 1480 g/mol. The van der Waals surface area contributed by atoms with Crippen LogP contribution >= 0.6 is 11.6 Å². The number of aromatic amines is 4. The molecule has 0 aliphatic carbocycles. The number of halogens is 31. The molecule has 12 bridgehead atoms. The minimum Gasteiger partial charge on any atom is -0.354 e. The molecule has 3 aliphatic rings. The second-order valence-corrected chi connectivity index (χ2v) is 22.0. The number of hydrogen-bond acceptors (Lipinski definition) is 2. The van der Waals surface area contributed by atoms with Gasteiger partial charge in [0.25, 0.3) is 0 Å². The maximum Gasteiger partial charge on any atom is 0.200 e. The molecule has 6 nitrogen and oxygen atoms in total. The molecule has 3 aliphatic heterocycles. The molecule has 0 atom stereocenters. The van der Waals surface area contributed by atoms with Gasteiger partial charge in [0.2, 0.25) is 34.9 Å². The van der Waals surface area contributed by atoms with E-state index in [1.54, 1.807) is 0 Å².